The van der Waals surface area contributed by atoms with Crippen molar-refractivity contribution >= 4 is 71.0 Å². The van der Waals surface area contributed by atoms with Gasteiger partial charge in [-0.15, -0.1) is 0 Å². The predicted octanol–water partition coefficient (Wildman–Crippen LogP) is -5.79. The van der Waals surface area contributed by atoms with Gasteiger partial charge in [0, 0.05) is 31.2 Å². The van der Waals surface area contributed by atoms with Crippen molar-refractivity contribution in [3.8, 4) is 0 Å². The van der Waals surface area contributed by atoms with Gasteiger partial charge in [-0.25, -0.2) is 9.78 Å². The van der Waals surface area contributed by atoms with E-state index in [4.69, 9.17) is 22.9 Å². The molecule has 1 heterocycles. The summed E-state index contributed by atoms with van der Waals surface area (Å²) >= 11 is 0. The van der Waals surface area contributed by atoms with Gasteiger partial charge in [0.15, 0.2) is 0 Å². The average Bonchev–Trinajstić information content (AvgIpc) is 3.92. The molecule has 0 unspecified atom stereocenters. The molecular weight excluding hydrogens is 1050 g/mol. The molecule has 0 aliphatic rings. The summed E-state index contributed by atoms with van der Waals surface area (Å²) in [7, 11) is 0. The number of aliphatic hydroxyl groups excluding tert-OH is 2. The summed E-state index contributed by atoms with van der Waals surface area (Å²) in [4.78, 5) is 164. The predicted molar refractivity (Wildman–Crippen MR) is 285 cm³/mol. The summed E-state index contributed by atoms with van der Waals surface area (Å²) in [6, 6.07) is -14.8. The highest BCUT2D eigenvalue weighted by Gasteiger charge is 2.36. The van der Waals surface area contributed by atoms with E-state index in [0.29, 0.717) is 25.0 Å². The first-order valence-corrected chi connectivity index (χ1v) is 26.5. The van der Waals surface area contributed by atoms with Crippen LogP contribution in [0.1, 0.15) is 117 Å². The number of amides is 10. The molecule has 0 aliphatic heterocycles. The molecule has 0 fully saturated rings. The lowest BCUT2D eigenvalue weighted by atomic mass is 9.97. The number of hydrogen-bond acceptors (Lipinski definition) is 18. The smallest absolute Gasteiger partial charge is 0.326 e. The van der Waals surface area contributed by atoms with E-state index >= 15 is 0 Å². The first-order valence-electron chi connectivity index (χ1n) is 26.5. The van der Waals surface area contributed by atoms with Crippen molar-refractivity contribution in [2.45, 2.75) is 179 Å². The van der Waals surface area contributed by atoms with Gasteiger partial charge >= 0.3 is 11.9 Å². The number of aromatic amines is 1. The lowest BCUT2D eigenvalue weighted by molar-refractivity contribution is -0.143. The van der Waals surface area contributed by atoms with Crippen LogP contribution in [0.25, 0.3) is 0 Å². The zero-order chi connectivity index (χ0) is 60.6. The van der Waals surface area contributed by atoms with Crippen LogP contribution in [0.5, 0.6) is 0 Å². The van der Waals surface area contributed by atoms with E-state index in [1.54, 1.807) is 27.7 Å². The number of H-pyrrole nitrogens is 1. The van der Waals surface area contributed by atoms with Crippen molar-refractivity contribution in [2.24, 2.45) is 34.8 Å². The van der Waals surface area contributed by atoms with Crippen LogP contribution in [-0.2, 0) is 64.0 Å². The van der Waals surface area contributed by atoms with Gasteiger partial charge in [-0.05, 0) is 89.6 Å². The number of primary amides is 1. The van der Waals surface area contributed by atoms with E-state index in [0.717, 1.165) is 0 Å². The first-order chi connectivity index (χ1) is 37.7. The molecule has 0 spiro atoms. The third-order valence-electron chi connectivity index (χ3n) is 12.6. The molecule has 0 saturated heterocycles. The highest BCUT2D eigenvalue weighted by molar-refractivity contribution is 5.98. The Morgan fingerprint density at radius 1 is 0.550 bits per heavy atom. The largest absolute Gasteiger partial charge is 0.481 e. The number of imidazole rings is 1. The molecule has 0 bridgehead atoms. The van der Waals surface area contributed by atoms with Gasteiger partial charge in [-0.2, -0.15) is 0 Å². The molecule has 0 radical (unpaired) electrons. The minimum absolute atomic E-state index is 0.0163. The highest BCUT2D eigenvalue weighted by Crippen LogP contribution is 2.13. The van der Waals surface area contributed by atoms with E-state index < -0.39 is 176 Å². The maximum atomic E-state index is 14.1. The molecule has 22 N–H and O–H groups in total. The molecule has 0 saturated carbocycles. The minimum Gasteiger partial charge on any atom is -0.481 e. The first kappa shape index (κ1) is 70.7. The Hall–Kier alpha value is -7.35. The van der Waals surface area contributed by atoms with Crippen LogP contribution in [0.2, 0.25) is 0 Å². The summed E-state index contributed by atoms with van der Waals surface area (Å²) in [5.41, 5.74) is 23.1. The number of carbonyl (C=O) groups excluding carboxylic acids is 10. The standard InChI is InChI=1S/C49H85N15O16/c1-6-26(4)39(48(78)59-32(14-16-38(68)69)44(74)60-33(49(79)80)12-8-10-18-51)64-47(77)36(23-66)63-42(72)30(11-7-9-17-50)57-43(73)31(13-15-37(53)67)58-45(75)34(19-25(2)3)61-46(76)35(22-65)62-40(70)27(5)56-41(71)29(52)20-28-21-54-24-55-28/h21,24-27,29-36,39,65-66H,6-20,22-23,50-52H2,1-5H3,(H2,53,67)(H,54,55)(H,56,71)(H,57,73)(H,58,75)(H,59,78)(H,60,74)(H,61,76)(H,62,70)(H,63,72)(H,64,77)(H,68,69)(H,79,80)/t26-,27-,29-,30-,31-,32-,33-,34-,35-,36-,39-/m0/s1. The van der Waals surface area contributed by atoms with Crippen LogP contribution in [0.4, 0.5) is 0 Å². The van der Waals surface area contributed by atoms with E-state index in [1.165, 1.54) is 19.4 Å². The number of rotatable bonds is 41. The zero-order valence-corrected chi connectivity index (χ0v) is 46.0. The number of nitrogens with two attached hydrogens (primary N) is 4. The van der Waals surface area contributed by atoms with Gasteiger partial charge in [0.25, 0.3) is 0 Å². The van der Waals surface area contributed by atoms with Crippen molar-refractivity contribution < 1.29 is 78.0 Å². The molecule has 1 rings (SSSR count). The number of aliphatic hydroxyl groups is 2. The molecular formula is C49H85N15O16. The Kier molecular flexibility index (Phi) is 33.1. The maximum Gasteiger partial charge on any atom is 0.326 e. The fourth-order valence-electron chi connectivity index (χ4n) is 7.68. The molecule has 80 heavy (non-hydrogen) atoms. The zero-order valence-electron chi connectivity index (χ0n) is 46.0. The monoisotopic (exact) mass is 1140 g/mol. The van der Waals surface area contributed by atoms with Crippen LogP contribution < -0.4 is 70.8 Å². The number of nitrogens with one attached hydrogen (secondary N) is 10. The Morgan fingerprint density at radius 3 is 1.45 bits per heavy atom. The third kappa shape index (κ3) is 26.5. The number of aromatic nitrogens is 2. The number of carboxylic acids is 2. The topological polar surface area (TPSA) is 527 Å². The van der Waals surface area contributed by atoms with Crippen LogP contribution in [0, 0.1) is 11.8 Å². The van der Waals surface area contributed by atoms with Crippen LogP contribution >= 0.6 is 0 Å². The summed E-state index contributed by atoms with van der Waals surface area (Å²) < 4.78 is 0. The van der Waals surface area contributed by atoms with Gasteiger partial charge in [0.05, 0.1) is 25.6 Å². The van der Waals surface area contributed by atoms with Crippen LogP contribution in [-0.4, -0.2) is 188 Å². The number of nitrogens with zero attached hydrogens (tertiary/aromatic N) is 1. The molecule has 0 aromatic carbocycles. The van der Waals surface area contributed by atoms with Gasteiger partial charge in [-0.1, -0.05) is 34.1 Å². The molecule has 31 heteroatoms. The Labute approximate surface area is 463 Å². The van der Waals surface area contributed by atoms with E-state index in [-0.39, 0.29) is 57.5 Å². The fraction of sp³-hybridized carbons (Fsp3) is 0.694. The lowest BCUT2D eigenvalue weighted by Gasteiger charge is -2.29. The summed E-state index contributed by atoms with van der Waals surface area (Å²) in [6.07, 6.45) is 2.33. The molecule has 452 valence electrons. The van der Waals surface area contributed by atoms with Crippen molar-refractivity contribution in [1.82, 2.24) is 57.8 Å². The Morgan fingerprint density at radius 2 is 0.988 bits per heavy atom. The van der Waals surface area contributed by atoms with E-state index in [2.05, 4.69) is 57.8 Å². The normalized spacial score (nSPS) is 15.3. The SMILES string of the molecule is CC[C@H](C)[C@H](NC(=O)[C@H](CO)NC(=O)[C@H](CCCCN)NC(=O)[C@H](CCC(N)=O)NC(=O)[C@H](CC(C)C)NC(=O)[C@H](CO)NC(=O)[C@H](C)NC(=O)[C@@H](N)Cc1cnc[nH]1)C(=O)N[C@@H](CCC(=O)O)C(=O)N[C@@H](CCCCN)C(=O)O. The van der Waals surface area contributed by atoms with Gasteiger partial charge in [0.2, 0.25) is 59.1 Å². The van der Waals surface area contributed by atoms with Crippen LogP contribution in [0.3, 0.4) is 0 Å². The second-order valence-corrected chi connectivity index (χ2v) is 19.8. The summed E-state index contributed by atoms with van der Waals surface area (Å²) in [5, 5.41) is 61.2. The second-order valence-electron chi connectivity index (χ2n) is 19.8. The van der Waals surface area contributed by atoms with Crippen molar-refractivity contribution in [3.63, 3.8) is 0 Å². The minimum atomic E-state index is -1.79. The van der Waals surface area contributed by atoms with Gasteiger partial charge in [-0.3, -0.25) is 52.7 Å². The van der Waals surface area contributed by atoms with Gasteiger partial charge < -0.3 is 96.2 Å². The number of aliphatic carboxylic acids is 2. The number of unbranched alkanes of at least 4 members (excludes halogenated alkanes) is 2. The second kappa shape index (κ2) is 37.5. The number of carboxylic acid groups (broad SMARTS) is 2. The fourth-order valence-corrected chi connectivity index (χ4v) is 7.68. The van der Waals surface area contributed by atoms with E-state index in [1.807, 2.05) is 0 Å². The Balaban J connectivity index is 3.36. The summed E-state index contributed by atoms with van der Waals surface area (Å²) in [5.74, 6) is -13.4. The lowest BCUT2D eigenvalue weighted by Crippen LogP contribution is -2.61. The van der Waals surface area contributed by atoms with Gasteiger partial charge in [0.1, 0.15) is 54.4 Å². The van der Waals surface area contributed by atoms with Crippen molar-refractivity contribution in [3.05, 3.63) is 18.2 Å². The molecule has 1 aromatic rings. The number of hydrogen-bond donors (Lipinski definition) is 18. The highest BCUT2D eigenvalue weighted by atomic mass is 16.4. The quantitative estimate of drug-likeness (QED) is 0.0272. The van der Waals surface area contributed by atoms with E-state index in [9.17, 15) is 78.0 Å². The Bertz CT molecular complexity index is 2200. The molecule has 1 aromatic heterocycles. The average molecular weight is 1140 g/mol. The molecule has 11 atom stereocenters. The third-order valence-corrected chi connectivity index (χ3v) is 12.6. The van der Waals surface area contributed by atoms with Crippen LogP contribution in [0.15, 0.2) is 12.5 Å². The van der Waals surface area contributed by atoms with Crippen molar-refractivity contribution in [2.75, 3.05) is 26.3 Å². The van der Waals surface area contributed by atoms with Crippen molar-refractivity contribution in [1.29, 1.82) is 0 Å². The maximum absolute atomic E-state index is 14.1. The molecule has 10 amide bonds. The molecule has 0 aliphatic carbocycles. The summed E-state index contributed by atoms with van der Waals surface area (Å²) in [6.45, 7) is 6.34. The number of carbonyl (C=O) groups is 12. The molecule has 31 nitrogen and oxygen atoms in total.